The molecule has 0 radical (unpaired) electrons. The van der Waals surface area contributed by atoms with Crippen molar-refractivity contribution in [1.82, 2.24) is 5.32 Å². The molecule has 0 aliphatic heterocycles. The molecule has 108 valence electrons. The second-order valence-electron chi connectivity index (χ2n) is 7.23. The number of benzene rings is 1. The van der Waals surface area contributed by atoms with Gasteiger partial charge in [0.05, 0.1) is 0 Å². The van der Waals surface area contributed by atoms with Gasteiger partial charge in [-0.15, -0.1) is 0 Å². The SMILES string of the molecule is Cc1cc(Cl)c(C(C)(C)CCNC(C)(C)C)cc1C. The average molecular weight is 282 g/mol. The lowest BCUT2D eigenvalue weighted by molar-refractivity contribution is 0.379. The third-order valence-electron chi connectivity index (χ3n) is 3.72. The summed E-state index contributed by atoms with van der Waals surface area (Å²) in [7, 11) is 0. The Labute approximate surface area is 123 Å². The zero-order valence-corrected chi connectivity index (χ0v) is 14.2. The van der Waals surface area contributed by atoms with Gasteiger partial charge in [-0.3, -0.25) is 0 Å². The van der Waals surface area contributed by atoms with Gasteiger partial charge in [0.1, 0.15) is 0 Å². The van der Waals surface area contributed by atoms with Gasteiger partial charge in [0.2, 0.25) is 0 Å². The number of hydrogen-bond donors (Lipinski definition) is 1. The van der Waals surface area contributed by atoms with E-state index in [0.29, 0.717) is 0 Å². The molecule has 0 amide bonds. The Bertz CT molecular complexity index is 441. The van der Waals surface area contributed by atoms with E-state index in [9.17, 15) is 0 Å². The second kappa shape index (κ2) is 5.85. The predicted octanol–water partition coefficient (Wildman–Crippen LogP) is 5.01. The summed E-state index contributed by atoms with van der Waals surface area (Å²) in [5.41, 5.74) is 4.10. The first-order valence-corrected chi connectivity index (χ1v) is 7.43. The van der Waals surface area contributed by atoms with Crippen LogP contribution in [0.2, 0.25) is 5.02 Å². The minimum atomic E-state index is 0.0911. The number of rotatable bonds is 4. The number of aryl methyl sites for hydroxylation is 2. The summed E-state index contributed by atoms with van der Waals surface area (Å²) in [5.74, 6) is 0. The normalized spacial score (nSPS) is 12.8. The van der Waals surface area contributed by atoms with Gasteiger partial charge in [-0.2, -0.15) is 0 Å². The van der Waals surface area contributed by atoms with Crippen LogP contribution >= 0.6 is 11.6 Å². The molecule has 0 aliphatic carbocycles. The molecule has 0 fully saturated rings. The minimum absolute atomic E-state index is 0.0911. The van der Waals surface area contributed by atoms with Crippen LogP contribution in [0.3, 0.4) is 0 Å². The van der Waals surface area contributed by atoms with Gasteiger partial charge >= 0.3 is 0 Å². The fourth-order valence-corrected chi connectivity index (χ4v) is 2.66. The molecule has 0 spiro atoms. The molecule has 1 rings (SSSR count). The van der Waals surface area contributed by atoms with Gasteiger partial charge in [0.25, 0.3) is 0 Å². The van der Waals surface area contributed by atoms with Crippen LogP contribution in [0, 0.1) is 13.8 Å². The molecular weight excluding hydrogens is 254 g/mol. The highest BCUT2D eigenvalue weighted by atomic mass is 35.5. The molecule has 0 aromatic heterocycles. The fraction of sp³-hybridized carbons (Fsp3) is 0.647. The molecule has 0 aliphatic rings. The van der Waals surface area contributed by atoms with E-state index in [2.05, 4.69) is 65.9 Å². The lowest BCUT2D eigenvalue weighted by Gasteiger charge is -2.29. The van der Waals surface area contributed by atoms with Gasteiger partial charge in [0.15, 0.2) is 0 Å². The zero-order valence-electron chi connectivity index (χ0n) is 13.4. The number of nitrogens with one attached hydrogen (secondary N) is 1. The van der Waals surface area contributed by atoms with Crippen LogP contribution in [-0.2, 0) is 5.41 Å². The van der Waals surface area contributed by atoms with Gasteiger partial charge in [-0.1, -0.05) is 31.5 Å². The van der Waals surface area contributed by atoms with Crippen molar-refractivity contribution < 1.29 is 0 Å². The topological polar surface area (TPSA) is 12.0 Å². The van der Waals surface area contributed by atoms with Crippen LogP contribution in [-0.4, -0.2) is 12.1 Å². The standard InChI is InChI=1S/C17H28ClN/c1-12-10-14(15(18)11-13(12)2)17(6,7)8-9-19-16(3,4)5/h10-11,19H,8-9H2,1-7H3. The van der Waals surface area contributed by atoms with E-state index in [-0.39, 0.29) is 11.0 Å². The molecule has 1 aromatic carbocycles. The number of halogens is 1. The van der Waals surface area contributed by atoms with Crippen molar-refractivity contribution in [1.29, 1.82) is 0 Å². The van der Waals surface area contributed by atoms with Gasteiger partial charge in [-0.25, -0.2) is 0 Å². The highest BCUT2D eigenvalue weighted by Crippen LogP contribution is 2.34. The van der Waals surface area contributed by atoms with Gasteiger partial charge < -0.3 is 5.32 Å². The fourth-order valence-electron chi connectivity index (χ4n) is 2.18. The highest BCUT2D eigenvalue weighted by molar-refractivity contribution is 6.31. The van der Waals surface area contributed by atoms with Crippen molar-refractivity contribution in [3.8, 4) is 0 Å². The molecule has 0 heterocycles. The maximum Gasteiger partial charge on any atom is 0.0446 e. The molecule has 1 nitrogen and oxygen atoms in total. The van der Waals surface area contributed by atoms with E-state index in [1.54, 1.807) is 0 Å². The van der Waals surface area contributed by atoms with E-state index in [1.165, 1.54) is 16.7 Å². The van der Waals surface area contributed by atoms with Crippen molar-refractivity contribution >= 4 is 11.6 Å². The first-order chi connectivity index (χ1) is 8.53. The Morgan fingerprint density at radius 1 is 1.00 bits per heavy atom. The molecular formula is C17H28ClN. The van der Waals surface area contributed by atoms with Gasteiger partial charge in [0, 0.05) is 10.6 Å². The quantitative estimate of drug-likeness (QED) is 0.818. The van der Waals surface area contributed by atoms with E-state index in [0.717, 1.165) is 18.0 Å². The first-order valence-electron chi connectivity index (χ1n) is 7.05. The Kier molecular flexibility index (Phi) is 5.08. The van der Waals surface area contributed by atoms with E-state index >= 15 is 0 Å². The monoisotopic (exact) mass is 281 g/mol. The third kappa shape index (κ3) is 4.81. The lowest BCUT2D eigenvalue weighted by Crippen LogP contribution is -2.38. The van der Waals surface area contributed by atoms with Crippen molar-refractivity contribution in [3.05, 3.63) is 33.8 Å². The molecule has 2 heteroatoms. The summed E-state index contributed by atoms with van der Waals surface area (Å²) in [4.78, 5) is 0. The van der Waals surface area contributed by atoms with Crippen LogP contribution in [0.25, 0.3) is 0 Å². The van der Waals surface area contributed by atoms with Crippen LogP contribution in [0.4, 0.5) is 0 Å². The van der Waals surface area contributed by atoms with Crippen LogP contribution < -0.4 is 5.32 Å². The summed E-state index contributed by atoms with van der Waals surface area (Å²) in [5, 5.41) is 4.44. The van der Waals surface area contributed by atoms with Crippen molar-refractivity contribution in [2.45, 2.75) is 65.8 Å². The molecule has 0 saturated carbocycles. The van der Waals surface area contributed by atoms with E-state index in [1.807, 2.05) is 0 Å². The van der Waals surface area contributed by atoms with Crippen molar-refractivity contribution in [3.63, 3.8) is 0 Å². The Hall–Kier alpha value is -0.530. The zero-order chi connectivity index (χ0) is 14.8. The molecule has 0 saturated heterocycles. The van der Waals surface area contributed by atoms with Crippen LogP contribution in [0.1, 0.15) is 57.7 Å². The third-order valence-corrected chi connectivity index (χ3v) is 4.03. The number of hydrogen-bond acceptors (Lipinski definition) is 1. The molecule has 19 heavy (non-hydrogen) atoms. The predicted molar refractivity (Wildman–Crippen MR) is 86.3 cm³/mol. The highest BCUT2D eigenvalue weighted by Gasteiger charge is 2.24. The molecule has 1 aromatic rings. The lowest BCUT2D eigenvalue weighted by atomic mass is 9.80. The summed E-state index contributed by atoms with van der Waals surface area (Å²) >= 11 is 6.43. The smallest absolute Gasteiger partial charge is 0.0446 e. The largest absolute Gasteiger partial charge is 0.312 e. The Morgan fingerprint density at radius 3 is 2.05 bits per heavy atom. The Balaban J connectivity index is 2.85. The molecule has 0 unspecified atom stereocenters. The van der Waals surface area contributed by atoms with E-state index in [4.69, 9.17) is 11.6 Å². The maximum atomic E-state index is 6.43. The first kappa shape index (κ1) is 16.5. The second-order valence-corrected chi connectivity index (χ2v) is 7.63. The Morgan fingerprint density at radius 2 is 1.53 bits per heavy atom. The van der Waals surface area contributed by atoms with Crippen molar-refractivity contribution in [2.75, 3.05) is 6.54 Å². The summed E-state index contributed by atoms with van der Waals surface area (Å²) in [6.07, 6.45) is 1.08. The molecule has 0 atom stereocenters. The maximum absolute atomic E-state index is 6.43. The summed E-state index contributed by atoms with van der Waals surface area (Å²) in [6.45, 7) is 16.4. The minimum Gasteiger partial charge on any atom is -0.312 e. The summed E-state index contributed by atoms with van der Waals surface area (Å²) < 4.78 is 0. The molecule has 0 bridgehead atoms. The average Bonchev–Trinajstić information content (AvgIpc) is 2.20. The molecule has 1 N–H and O–H groups in total. The van der Waals surface area contributed by atoms with Crippen LogP contribution in [0.15, 0.2) is 12.1 Å². The van der Waals surface area contributed by atoms with Gasteiger partial charge in [-0.05, 0) is 75.8 Å². The van der Waals surface area contributed by atoms with Crippen molar-refractivity contribution in [2.24, 2.45) is 0 Å². The van der Waals surface area contributed by atoms with Crippen LogP contribution in [0.5, 0.6) is 0 Å². The summed E-state index contributed by atoms with van der Waals surface area (Å²) in [6, 6.07) is 4.33. The van der Waals surface area contributed by atoms with E-state index < -0.39 is 0 Å².